The number of hydrogen-bond acceptors (Lipinski definition) is 6. The number of benzene rings is 1. The molecule has 24 heavy (non-hydrogen) atoms. The molecule has 128 valence electrons. The molecule has 2 aromatic rings. The highest BCUT2D eigenvalue weighted by molar-refractivity contribution is 7.90. The summed E-state index contributed by atoms with van der Waals surface area (Å²) in [5.74, 6) is 0.177. The van der Waals surface area contributed by atoms with Crippen LogP contribution in [0.4, 0.5) is 0 Å². The molecular weight excluding hydrogens is 332 g/mol. The predicted octanol–water partition coefficient (Wildman–Crippen LogP) is 1.69. The lowest BCUT2D eigenvalue weighted by atomic mass is 9.96. The van der Waals surface area contributed by atoms with Gasteiger partial charge in [0.05, 0.1) is 0 Å². The minimum absolute atomic E-state index is 0.0520. The van der Waals surface area contributed by atoms with Crippen molar-refractivity contribution in [2.45, 2.75) is 25.7 Å². The Morgan fingerprint density at radius 3 is 2.75 bits per heavy atom. The molecule has 0 saturated carbocycles. The van der Waals surface area contributed by atoms with Crippen LogP contribution < -0.4 is 9.46 Å². The van der Waals surface area contributed by atoms with Gasteiger partial charge in [-0.1, -0.05) is 23.4 Å². The largest absolute Gasteiger partial charge is 0.492 e. The second-order valence-corrected chi connectivity index (χ2v) is 7.39. The van der Waals surface area contributed by atoms with E-state index in [4.69, 9.17) is 9.26 Å². The zero-order valence-electron chi connectivity index (χ0n) is 13.0. The van der Waals surface area contributed by atoms with E-state index in [1.54, 1.807) is 24.3 Å². The third kappa shape index (κ3) is 3.94. The summed E-state index contributed by atoms with van der Waals surface area (Å²) in [6.07, 6.45) is 3.33. The zero-order valence-corrected chi connectivity index (χ0v) is 13.8. The number of nitrogens with one attached hydrogen (secondary N) is 1. The van der Waals surface area contributed by atoms with Crippen LogP contribution in [0.3, 0.4) is 0 Å². The van der Waals surface area contributed by atoms with Crippen molar-refractivity contribution < 1.29 is 22.5 Å². The van der Waals surface area contributed by atoms with Crippen molar-refractivity contribution >= 4 is 15.9 Å². The van der Waals surface area contributed by atoms with E-state index in [-0.39, 0.29) is 18.1 Å². The first-order valence-electron chi connectivity index (χ1n) is 7.75. The zero-order chi connectivity index (χ0) is 17.0. The monoisotopic (exact) mass is 350 g/mol. The maximum atomic E-state index is 12.2. The molecule has 0 unspecified atom stereocenters. The van der Waals surface area contributed by atoms with Crippen molar-refractivity contribution in [3.63, 3.8) is 0 Å². The Morgan fingerprint density at radius 1 is 1.21 bits per heavy atom. The SMILES string of the molecule is O=C(NS(=O)(=O)CCOc1ccccc1)c1noc2c1CCCC2. The summed E-state index contributed by atoms with van der Waals surface area (Å²) in [5.41, 5.74) is 0.784. The van der Waals surface area contributed by atoms with Gasteiger partial charge in [-0.2, -0.15) is 0 Å². The number of aromatic nitrogens is 1. The van der Waals surface area contributed by atoms with Gasteiger partial charge in [0.25, 0.3) is 5.91 Å². The number of hydrogen-bond donors (Lipinski definition) is 1. The molecule has 0 saturated heterocycles. The Morgan fingerprint density at radius 2 is 1.96 bits per heavy atom. The van der Waals surface area contributed by atoms with Crippen molar-refractivity contribution in [1.82, 2.24) is 9.88 Å². The molecule has 1 aliphatic rings. The van der Waals surface area contributed by atoms with E-state index >= 15 is 0 Å². The lowest BCUT2D eigenvalue weighted by Gasteiger charge is -2.10. The second kappa shape index (κ2) is 7.04. The first kappa shape index (κ1) is 16.5. The normalized spacial score (nSPS) is 14.0. The van der Waals surface area contributed by atoms with Crippen molar-refractivity contribution in [3.8, 4) is 5.75 Å². The van der Waals surface area contributed by atoms with E-state index in [1.165, 1.54) is 0 Å². The van der Waals surface area contributed by atoms with Crippen LogP contribution in [-0.2, 0) is 22.9 Å². The summed E-state index contributed by atoms with van der Waals surface area (Å²) in [4.78, 5) is 12.2. The number of rotatable bonds is 6. The highest BCUT2D eigenvalue weighted by Crippen LogP contribution is 2.24. The van der Waals surface area contributed by atoms with Crippen LogP contribution in [0.15, 0.2) is 34.9 Å². The fourth-order valence-electron chi connectivity index (χ4n) is 2.59. The Balaban J connectivity index is 1.58. The molecule has 1 N–H and O–H groups in total. The third-order valence-electron chi connectivity index (χ3n) is 3.78. The summed E-state index contributed by atoms with van der Waals surface area (Å²) in [7, 11) is -3.81. The van der Waals surface area contributed by atoms with Crippen molar-refractivity contribution in [2.24, 2.45) is 0 Å². The molecule has 0 atom stereocenters. The van der Waals surface area contributed by atoms with E-state index in [0.29, 0.717) is 17.9 Å². The van der Waals surface area contributed by atoms with Gasteiger partial charge in [0.15, 0.2) is 5.69 Å². The van der Waals surface area contributed by atoms with Gasteiger partial charge in [0, 0.05) is 12.0 Å². The van der Waals surface area contributed by atoms with Gasteiger partial charge in [-0.15, -0.1) is 0 Å². The van der Waals surface area contributed by atoms with Gasteiger partial charge in [-0.25, -0.2) is 13.1 Å². The lowest BCUT2D eigenvalue weighted by molar-refractivity contribution is 0.0971. The number of ether oxygens (including phenoxy) is 1. The fourth-order valence-corrected chi connectivity index (χ4v) is 3.37. The Labute approximate surface area is 140 Å². The van der Waals surface area contributed by atoms with Gasteiger partial charge in [-0.05, 0) is 31.4 Å². The van der Waals surface area contributed by atoms with E-state index in [9.17, 15) is 13.2 Å². The van der Waals surface area contributed by atoms with Crippen LogP contribution in [0, 0.1) is 0 Å². The maximum absolute atomic E-state index is 12.2. The molecule has 0 spiro atoms. The number of aryl methyl sites for hydroxylation is 1. The van der Waals surface area contributed by atoms with Crippen molar-refractivity contribution in [1.29, 1.82) is 0 Å². The first-order valence-corrected chi connectivity index (χ1v) is 9.40. The average Bonchev–Trinajstić information content (AvgIpc) is 2.99. The van der Waals surface area contributed by atoms with Gasteiger partial charge < -0.3 is 9.26 Å². The predicted molar refractivity (Wildman–Crippen MR) is 86.3 cm³/mol. The molecule has 0 bridgehead atoms. The van der Waals surface area contributed by atoms with Crippen molar-refractivity contribution in [2.75, 3.05) is 12.4 Å². The summed E-state index contributed by atoms with van der Waals surface area (Å²) in [5, 5.41) is 3.73. The maximum Gasteiger partial charge on any atom is 0.287 e. The van der Waals surface area contributed by atoms with Crippen LogP contribution in [0.2, 0.25) is 0 Å². The van der Waals surface area contributed by atoms with Gasteiger partial charge >= 0.3 is 0 Å². The van der Waals surface area contributed by atoms with Crippen molar-refractivity contribution in [3.05, 3.63) is 47.3 Å². The topological polar surface area (TPSA) is 98.5 Å². The number of nitrogens with zero attached hydrogens (tertiary/aromatic N) is 1. The minimum atomic E-state index is -3.81. The molecule has 0 fully saturated rings. The quantitative estimate of drug-likeness (QED) is 0.851. The third-order valence-corrected chi connectivity index (χ3v) is 4.98. The second-order valence-electron chi connectivity index (χ2n) is 5.55. The minimum Gasteiger partial charge on any atom is -0.492 e. The Bertz CT molecular complexity index is 814. The molecule has 1 aromatic heterocycles. The highest BCUT2D eigenvalue weighted by atomic mass is 32.2. The van der Waals surface area contributed by atoms with Gasteiger partial charge in [-0.3, -0.25) is 4.79 Å². The van der Waals surface area contributed by atoms with E-state index < -0.39 is 15.9 Å². The van der Waals surface area contributed by atoms with Crippen LogP contribution in [0.25, 0.3) is 0 Å². The van der Waals surface area contributed by atoms with Crippen LogP contribution >= 0.6 is 0 Å². The molecule has 1 aromatic carbocycles. The smallest absolute Gasteiger partial charge is 0.287 e. The summed E-state index contributed by atoms with van der Waals surface area (Å²) >= 11 is 0. The number of amides is 1. The van der Waals surface area contributed by atoms with E-state index in [1.807, 2.05) is 10.8 Å². The Kier molecular flexibility index (Phi) is 4.84. The highest BCUT2D eigenvalue weighted by Gasteiger charge is 2.26. The van der Waals surface area contributed by atoms with Gasteiger partial charge in [0.1, 0.15) is 23.9 Å². The van der Waals surface area contributed by atoms with Crippen LogP contribution in [0.5, 0.6) is 5.75 Å². The van der Waals surface area contributed by atoms with Crippen LogP contribution in [0.1, 0.15) is 34.7 Å². The summed E-state index contributed by atoms with van der Waals surface area (Å²) < 4.78 is 36.5. The molecule has 0 radical (unpaired) electrons. The molecule has 1 aliphatic carbocycles. The molecule has 7 nitrogen and oxygen atoms in total. The Hall–Kier alpha value is -2.35. The average molecular weight is 350 g/mol. The lowest BCUT2D eigenvalue weighted by Crippen LogP contribution is -2.35. The molecular formula is C16H18N2O5S. The number of carbonyl (C=O) groups excluding carboxylic acids is 1. The molecule has 8 heteroatoms. The van der Waals surface area contributed by atoms with Gasteiger partial charge in [0.2, 0.25) is 10.0 Å². The number of fused-ring (bicyclic) bond motifs is 1. The molecule has 1 amide bonds. The molecule has 3 rings (SSSR count). The number of sulfonamides is 1. The first-order chi connectivity index (χ1) is 11.6. The number of carbonyl (C=O) groups is 1. The molecule has 0 aliphatic heterocycles. The van der Waals surface area contributed by atoms with Crippen LogP contribution in [-0.4, -0.2) is 31.8 Å². The van der Waals surface area contributed by atoms with E-state index in [0.717, 1.165) is 24.8 Å². The number of para-hydroxylation sites is 1. The van der Waals surface area contributed by atoms with E-state index in [2.05, 4.69) is 5.16 Å². The molecule has 1 heterocycles. The summed E-state index contributed by atoms with van der Waals surface area (Å²) in [6.45, 7) is -0.0520. The fraction of sp³-hybridized carbons (Fsp3) is 0.375. The summed E-state index contributed by atoms with van der Waals surface area (Å²) in [6, 6.07) is 8.88. The standard InChI is InChI=1S/C16H18N2O5S/c19-16(15-13-8-4-5-9-14(13)23-17-15)18-24(20,21)11-10-22-12-6-2-1-3-7-12/h1-3,6-7H,4-5,8-11H2,(H,18,19).